The lowest BCUT2D eigenvalue weighted by atomic mass is 10.0. The standard InChI is InChI=1S/C16H19FN2/c1-11(2)13-5-3-12(4-6-13)10-19-16-8-14(17)7-15(18)9-16/h3-9,11,19H,10,18H2,1-2H3. The maximum absolute atomic E-state index is 13.2. The molecule has 100 valence electrons. The van der Waals surface area contributed by atoms with E-state index < -0.39 is 0 Å². The molecule has 2 aromatic rings. The summed E-state index contributed by atoms with van der Waals surface area (Å²) in [6, 6.07) is 12.9. The molecule has 3 heteroatoms. The molecule has 0 amide bonds. The van der Waals surface area contributed by atoms with Crippen LogP contribution in [0.25, 0.3) is 0 Å². The Morgan fingerprint density at radius 3 is 2.37 bits per heavy atom. The fraction of sp³-hybridized carbons (Fsp3) is 0.250. The highest BCUT2D eigenvalue weighted by molar-refractivity contribution is 5.54. The van der Waals surface area contributed by atoms with E-state index in [2.05, 4.69) is 43.4 Å². The van der Waals surface area contributed by atoms with E-state index in [1.807, 2.05) is 0 Å². The molecule has 0 unspecified atom stereocenters. The van der Waals surface area contributed by atoms with E-state index in [9.17, 15) is 4.39 Å². The number of nitrogens with one attached hydrogen (secondary N) is 1. The number of anilines is 2. The second kappa shape index (κ2) is 5.74. The number of benzene rings is 2. The number of nitrogens with two attached hydrogens (primary N) is 1. The first-order valence-corrected chi connectivity index (χ1v) is 6.43. The summed E-state index contributed by atoms with van der Waals surface area (Å²) in [6.45, 7) is 4.99. The third-order valence-electron chi connectivity index (χ3n) is 3.06. The van der Waals surface area contributed by atoms with E-state index >= 15 is 0 Å². The summed E-state index contributed by atoms with van der Waals surface area (Å²) in [5, 5.41) is 3.17. The third kappa shape index (κ3) is 3.71. The zero-order valence-corrected chi connectivity index (χ0v) is 11.3. The van der Waals surface area contributed by atoms with Gasteiger partial charge in [-0.05, 0) is 35.2 Å². The van der Waals surface area contributed by atoms with E-state index in [1.165, 1.54) is 17.7 Å². The topological polar surface area (TPSA) is 38.0 Å². The summed E-state index contributed by atoms with van der Waals surface area (Å²) in [4.78, 5) is 0. The summed E-state index contributed by atoms with van der Waals surface area (Å²) >= 11 is 0. The van der Waals surface area contributed by atoms with Crippen molar-refractivity contribution in [2.24, 2.45) is 0 Å². The average molecular weight is 258 g/mol. The molecule has 0 aliphatic carbocycles. The molecule has 19 heavy (non-hydrogen) atoms. The van der Waals surface area contributed by atoms with Gasteiger partial charge in [0.05, 0.1) is 0 Å². The van der Waals surface area contributed by atoms with Crippen LogP contribution in [0.1, 0.15) is 30.9 Å². The lowest BCUT2D eigenvalue weighted by molar-refractivity contribution is 0.629. The highest BCUT2D eigenvalue weighted by Crippen LogP contribution is 2.18. The Bertz CT molecular complexity index is 527. The van der Waals surface area contributed by atoms with Crippen LogP contribution >= 0.6 is 0 Å². The van der Waals surface area contributed by atoms with Gasteiger partial charge in [-0.15, -0.1) is 0 Å². The number of hydrogen-bond donors (Lipinski definition) is 2. The summed E-state index contributed by atoms with van der Waals surface area (Å²) in [5.74, 6) is 0.211. The van der Waals surface area contributed by atoms with Gasteiger partial charge in [-0.1, -0.05) is 38.1 Å². The van der Waals surface area contributed by atoms with Crippen molar-refractivity contribution in [1.82, 2.24) is 0 Å². The van der Waals surface area contributed by atoms with Crippen LogP contribution in [0.5, 0.6) is 0 Å². The van der Waals surface area contributed by atoms with E-state index in [4.69, 9.17) is 5.73 Å². The lowest BCUT2D eigenvalue weighted by Gasteiger charge is -2.09. The van der Waals surface area contributed by atoms with Gasteiger partial charge in [0.1, 0.15) is 5.82 Å². The fourth-order valence-electron chi connectivity index (χ4n) is 1.94. The summed E-state index contributed by atoms with van der Waals surface area (Å²) in [7, 11) is 0. The molecule has 0 saturated heterocycles. The van der Waals surface area contributed by atoms with Crippen LogP contribution in [0.3, 0.4) is 0 Å². The number of rotatable bonds is 4. The predicted molar refractivity (Wildman–Crippen MR) is 78.7 cm³/mol. The largest absolute Gasteiger partial charge is 0.399 e. The average Bonchev–Trinajstić information content (AvgIpc) is 2.36. The molecule has 0 spiro atoms. The normalized spacial score (nSPS) is 10.7. The molecular weight excluding hydrogens is 239 g/mol. The van der Waals surface area contributed by atoms with E-state index in [1.54, 1.807) is 6.07 Å². The van der Waals surface area contributed by atoms with Crippen molar-refractivity contribution in [3.63, 3.8) is 0 Å². The van der Waals surface area contributed by atoms with Crippen LogP contribution in [-0.2, 0) is 6.54 Å². The zero-order valence-electron chi connectivity index (χ0n) is 11.3. The first-order chi connectivity index (χ1) is 9.04. The molecule has 0 aliphatic heterocycles. The van der Waals surface area contributed by atoms with Gasteiger partial charge in [0.2, 0.25) is 0 Å². The summed E-state index contributed by atoms with van der Waals surface area (Å²) in [5.41, 5.74) is 9.21. The number of nitrogen functional groups attached to an aromatic ring is 1. The Hall–Kier alpha value is -2.03. The summed E-state index contributed by atoms with van der Waals surface area (Å²) < 4.78 is 13.2. The number of hydrogen-bond acceptors (Lipinski definition) is 2. The molecule has 0 aromatic heterocycles. The van der Waals surface area contributed by atoms with Gasteiger partial charge >= 0.3 is 0 Å². The molecule has 2 aromatic carbocycles. The van der Waals surface area contributed by atoms with Crippen molar-refractivity contribution in [3.05, 3.63) is 59.4 Å². The molecule has 0 fully saturated rings. The maximum atomic E-state index is 13.2. The smallest absolute Gasteiger partial charge is 0.127 e. The van der Waals surface area contributed by atoms with Crippen molar-refractivity contribution in [3.8, 4) is 0 Å². The van der Waals surface area contributed by atoms with Gasteiger partial charge in [0.25, 0.3) is 0 Å². The second-order valence-electron chi connectivity index (χ2n) is 5.02. The van der Waals surface area contributed by atoms with Crippen molar-refractivity contribution >= 4 is 11.4 Å². The van der Waals surface area contributed by atoms with Crippen LogP contribution in [0.4, 0.5) is 15.8 Å². The molecule has 0 bridgehead atoms. The first kappa shape index (κ1) is 13.4. The minimum absolute atomic E-state index is 0.322. The summed E-state index contributed by atoms with van der Waals surface area (Å²) in [6.07, 6.45) is 0. The molecule has 0 atom stereocenters. The molecule has 0 aliphatic rings. The molecule has 2 nitrogen and oxygen atoms in total. The van der Waals surface area contributed by atoms with Crippen LogP contribution in [0.15, 0.2) is 42.5 Å². The fourth-order valence-corrected chi connectivity index (χ4v) is 1.94. The van der Waals surface area contributed by atoms with Gasteiger partial charge in [-0.2, -0.15) is 0 Å². The highest BCUT2D eigenvalue weighted by Gasteiger charge is 2.01. The minimum Gasteiger partial charge on any atom is -0.399 e. The van der Waals surface area contributed by atoms with Crippen LogP contribution in [0, 0.1) is 5.82 Å². The van der Waals surface area contributed by atoms with Crippen LogP contribution in [0.2, 0.25) is 0 Å². The Kier molecular flexibility index (Phi) is 4.05. The monoisotopic (exact) mass is 258 g/mol. The van der Waals surface area contributed by atoms with Gasteiger partial charge in [0.15, 0.2) is 0 Å². The molecular formula is C16H19FN2. The van der Waals surface area contributed by atoms with Crippen molar-refractivity contribution < 1.29 is 4.39 Å². The molecule has 0 radical (unpaired) electrons. The number of halogens is 1. The van der Waals surface area contributed by atoms with Gasteiger partial charge < -0.3 is 11.1 Å². The van der Waals surface area contributed by atoms with E-state index in [0.29, 0.717) is 23.8 Å². The molecule has 0 heterocycles. The van der Waals surface area contributed by atoms with Gasteiger partial charge in [-0.3, -0.25) is 0 Å². The molecule has 0 saturated carbocycles. The Balaban J connectivity index is 2.02. The van der Waals surface area contributed by atoms with Crippen molar-refractivity contribution in [1.29, 1.82) is 0 Å². The quantitative estimate of drug-likeness (QED) is 0.809. The van der Waals surface area contributed by atoms with Gasteiger partial charge in [0, 0.05) is 17.9 Å². The second-order valence-corrected chi connectivity index (χ2v) is 5.02. The Morgan fingerprint density at radius 2 is 1.79 bits per heavy atom. The van der Waals surface area contributed by atoms with Crippen LogP contribution in [-0.4, -0.2) is 0 Å². The van der Waals surface area contributed by atoms with E-state index in [0.717, 1.165) is 5.56 Å². The minimum atomic E-state index is -0.322. The molecule has 3 N–H and O–H groups in total. The maximum Gasteiger partial charge on any atom is 0.127 e. The van der Waals surface area contributed by atoms with Crippen molar-refractivity contribution in [2.45, 2.75) is 26.3 Å². The highest BCUT2D eigenvalue weighted by atomic mass is 19.1. The lowest BCUT2D eigenvalue weighted by Crippen LogP contribution is -2.01. The SMILES string of the molecule is CC(C)c1ccc(CNc2cc(N)cc(F)c2)cc1. The predicted octanol–water partition coefficient (Wildman–Crippen LogP) is 4.14. The third-order valence-corrected chi connectivity index (χ3v) is 3.06. The van der Waals surface area contributed by atoms with Gasteiger partial charge in [-0.25, -0.2) is 4.39 Å². The van der Waals surface area contributed by atoms with Crippen molar-refractivity contribution in [2.75, 3.05) is 11.1 Å². The van der Waals surface area contributed by atoms with E-state index in [-0.39, 0.29) is 5.82 Å². The molecule has 2 rings (SSSR count). The Labute approximate surface area is 113 Å². The zero-order chi connectivity index (χ0) is 13.8. The Morgan fingerprint density at radius 1 is 1.11 bits per heavy atom. The first-order valence-electron chi connectivity index (χ1n) is 6.43. The van der Waals surface area contributed by atoms with Crippen LogP contribution < -0.4 is 11.1 Å².